The van der Waals surface area contributed by atoms with E-state index in [2.05, 4.69) is 49.4 Å². The van der Waals surface area contributed by atoms with E-state index in [1.165, 1.54) is 62.5 Å². The highest BCUT2D eigenvalue weighted by molar-refractivity contribution is 5.39. The molecule has 2 aromatic carbocycles. The summed E-state index contributed by atoms with van der Waals surface area (Å²) in [5.41, 5.74) is 6.15. The van der Waals surface area contributed by atoms with Crippen molar-refractivity contribution in [1.82, 2.24) is 0 Å². The van der Waals surface area contributed by atoms with E-state index in [9.17, 15) is 0 Å². The lowest BCUT2D eigenvalue weighted by atomic mass is 9.77. The molecule has 1 saturated carbocycles. The average Bonchev–Trinajstić information content (AvgIpc) is 2.73. The van der Waals surface area contributed by atoms with Crippen LogP contribution in [-0.4, -0.2) is 0 Å². The van der Waals surface area contributed by atoms with Gasteiger partial charge in [0.05, 0.1) is 11.6 Å². The molecule has 1 nitrogen and oxygen atoms in total. The number of aryl methyl sites for hydroxylation is 3. The molecule has 0 bridgehead atoms. The van der Waals surface area contributed by atoms with Crippen molar-refractivity contribution in [1.29, 1.82) is 5.26 Å². The molecule has 0 radical (unpaired) electrons. The molecular formula is C27H35N. The Kier molecular flexibility index (Phi) is 7.72. The number of rotatable bonds is 8. The van der Waals surface area contributed by atoms with Crippen LogP contribution >= 0.6 is 0 Å². The van der Waals surface area contributed by atoms with E-state index < -0.39 is 0 Å². The molecule has 0 heterocycles. The van der Waals surface area contributed by atoms with Gasteiger partial charge < -0.3 is 0 Å². The van der Waals surface area contributed by atoms with Crippen molar-refractivity contribution >= 4 is 0 Å². The van der Waals surface area contributed by atoms with Crippen LogP contribution in [0.15, 0.2) is 42.5 Å². The van der Waals surface area contributed by atoms with E-state index in [-0.39, 0.29) is 0 Å². The molecule has 1 fully saturated rings. The van der Waals surface area contributed by atoms with Gasteiger partial charge in [0.1, 0.15) is 0 Å². The smallest absolute Gasteiger partial charge is 0.0994 e. The van der Waals surface area contributed by atoms with Gasteiger partial charge in [0.2, 0.25) is 0 Å². The zero-order valence-electron chi connectivity index (χ0n) is 17.7. The van der Waals surface area contributed by atoms with Gasteiger partial charge in [-0.05, 0) is 85.6 Å². The van der Waals surface area contributed by atoms with E-state index in [4.69, 9.17) is 5.26 Å². The van der Waals surface area contributed by atoms with Gasteiger partial charge in [-0.2, -0.15) is 5.26 Å². The molecule has 1 heteroatoms. The van der Waals surface area contributed by atoms with Crippen LogP contribution in [0.25, 0.3) is 0 Å². The average molecular weight is 374 g/mol. The van der Waals surface area contributed by atoms with Crippen LogP contribution in [0.4, 0.5) is 0 Å². The summed E-state index contributed by atoms with van der Waals surface area (Å²) in [7, 11) is 0. The first kappa shape index (κ1) is 20.7. The third-order valence-electron chi connectivity index (χ3n) is 6.63. The Hall–Kier alpha value is -2.07. The number of benzene rings is 2. The SMILES string of the molecule is CCCCCC1CCC(c2ccc(CCc3ccc(C#N)c(C)c3)cc2)CC1. The van der Waals surface area contributed by atoms with Crippen molar-refractivity contribution in [2.45, 2.75) is 84.0 Å². The predicted molar refractivity (Wildman–Crippen MR) is 119 cm³/mol. The number of nitrogens with zero attached hydrogens (tertiary/aromatic N) is 1. The topological polar surface area (TPSA) is 23.8 Å². The molecule has 148 valence electrons. The lowest BCUT2D eigenvalue weighted by Crippen LogP contribution is -2.13. The number of nitriles is 1. The van der Waals surface area contributed by atoms with E-state index in [1.54, 1.807) is 5.56 Å². The van der Waals surface area contributed by atoms with E-state index >= 15 is 0 Å². The molecule has 1 aliphatic rings. The summed E-state index contributed by atoms with van der Waals surface area (Å²) in [5.74, 6) is 1.76. The summed E-state index contributed by atoms with van der Waals surface area (Å²) in [4.78, 5) is 0. The molecule has 0 unspecified atom stereocenters. The van der Waals surface area contributed by atoms with Crippen LogP contribution in [0.5, 0.6) is 0 Å². The highest BCUT2D eigenvalue weighted by Crippen LogP contribution is 2.37. The molecule has 0 spiro atoms. The molecule has 0 amide bonds. The summed E-state index contributed by atoms with van der Waals surface area (Å²) < 4.78 is 0. The fourth-order valence-corrected chi connectivity index (χ4v) is 4.72. The summed E-state index contributed by atoms with van der Waals surface area (Å²) in [6, 6.07) is 17.9. The summed E-state index contributed by atoms with van der Waals surface area (Å²) in [6.45, 7) is 4.32. The minimum absolute atomic E-state index is 0.776. The monoisotopic (exact) mass is 373 g/mol. The predicted octanol–water partition coefficient (Wildman–Crippen LogP) is 7.51. The van der Waals surface area contributed by atoms with Crippen LogP contribution in [0.1, 0.15) is 92.0 Å². The Bertz CT molecular complexity index is 773. The van der Waals surface area contributed by atoms with Gasteiger partial charge in [0, 0.05) is 0 Å². The normalized spacial score (nSPS) is 19.3. The highest BCUT2D eigenvalue weighted by atomic mass is 14.3. The maximum Gasteiger partial charge on any atom is 0.0994 e. The van der Waals surface area contributed by atoms with Crippen LogP contribution in [0.2, 0.25) is 0 Å². The fraction of sp³-hybridized carbons (Fsp3) is 0.519. The van der Waals surface area contributed by atoms with Crippen LogP contribution in [0.3, 0.4) is 0 Å². The molecule has 1 aliphatic carbocycles. The molecule has 0 atom stereocenters. The lowest BCUT2D eigenvalue weighted by Gasteiger charge is -2.29. The standard InChI is InChI=1S/C27H35N/c1-3-4-5-6-22-9-14-25(15-10-22)26-16-11-23(12-17-26)7-8-24-13-18-27(20-28)21(2)19-24/h11-13,16-19,22,25H,3-10,14-15H2,1-2H3. The van der Waals surface area contributed by atoms with Gasteiger partial charge in [0.15, 0.2) is 0 Å². The highest BCUT2D eigenvalue weighted by Gasteiger charge is 2.21. The number of unbranched alkanes of at least 4 members (excludes halogenated alkanes) is 2. The molecule has 0 aromatic heterocycles. The third kappa shape index (κ3) is 5.71. The van der Waals surface area contributed by atoms with Crippen molar-refractivity contribution in [3.05, 3.63) is 70.3 Å². The van der Waals surface area contributed by atoms with Crippen molar-refractivity contribution in [2.24, 2.45) is 5.92 Å². The largest absolute Gasteiger partial charge is 0.192 e. The first-order chi connectivity index (χ1) is 13.7. The molecule has 28 heavy (non-hydrogen) atoms. The van der Waals surface area contributed by atoms with Crippen LogP contribution < -0.4 is 0 Å². The Labute approximate surface area is 171 Å². The second-order valence-electron chi connectivity index (χ2n) is 8.72. The van der Waals surface area contributed by atoms with E-state index in [1.807, 2.05) is 13.0 Å². The fourth-order valence-electron chi connectivity index (χ4n) is 4.72. The zero-order valence-corrected chi connectivity index (χ0v) is 17.7. The lowest BCUT2D eigenvalue weighted by molar-refractivity contribution is 0.303. The van der Waals surface area contributed by atoms with Gasteiger partial charge in [-0.3, -0.25) is 0 Å². The molecule has 0 N–H and O–H groups in total. The van der Waals surface area contributed by atoms with Crippen LogP contribution in [0, 0.1) is 24.2 Å². The Morgan fingerprint density at radius 3 is 2.21 bits per heavy atom. The Morgan fingerprint density at radius 1 is 0.893 bits per heavy atom. The van der Waals surface area contributed by atoms with Crippen molar-refractivity contribution in [2.75, 3.05) is 0 Å². The van der Waals surface area contributed by atoms with Crippen molar-refractivity contribution < 1.29 is 0 Å². The van der Waals surface area contributed by atoms with E-state index in [0.717, 1.165) is 35.8 Å². The molecule has 2 aromatic rings. The van der Waals surface area contributed by atoms with Gasteiger partial charge >= 0.3 is 0 Å². The summed E-state index contributed by atoms with van der Waals surface area (Å²) in [5, 5.41) is 9.06. The minimum atomic E-state index is 0.776. The summed E-state index contributed by atoms with van der Waals surface area (Å²) >= 11 is 0. The number of hydrogen-bond donors (Lipinski definition) is 0. The van der Waals surface area contributed by atoms with E-state index in [0.29, 0.717) is 0 Å². The van der Waals surface area contributed by atoms with Crippen molar-refractivity contribution in [3.63, 3.8) is 0 Å². The Balaban J connectivity index is 1.48. The zero-order chi connectivity index (χ0) is 19.8. The van der Waals surface area contributed by atoms with Crippen molar-refractivity contribution in [3.8, 4) is 6.07 Å². The number of hydrogen-bond acceptors (Lipinski definition) is 1. The second kappa shape index (κ2) is 10.5. The maximum absolute atomic E-state index is 9.06. The van der Waals surface area contributed by atoms with Gasteiger partial charge in [-0.25, -0.2) is 0 Å². The third-order valence-corrected chi connectivity index (χ3v) is 6.63. The van der Waals surface area contributed by atoms with Gasteiger partial charge in [-0.15, -0.1) is 0 Å². The van der Waals surface area contributed by atoms with Crippen LogP contribution in [-0.2, 0) is 12.8 Å². The molecule has 0 saturated heterocycles. The van der Waals surface area contributed by atoms with Gasteiger partial charge in [0.25, 0.3) is 0 Å². The second-order valence-corrected chi connectivity index (χ2v) is 8.72. The molecular weight excluding hydrogens is 338 g/mol. The first-order valence-corrected chi connectivity index (χ1v) is 11.3. The van der Waals surface area contributed by atoms with Gasteiger partial charge in [-0.1, -0.05) is 69.0 Å². The minimum Gasteiger partial charge on any atom is -0.192 e. The summed E-state index contributed by atoms with van der Waals surface area (Å²) in [6.07, 6.45) is 13.3. The molecule has 0 aliphatic heterocycles. The Morgan fingerprint density at radius 2 is 1.57 bits per heavy atom. The molecule has 3 rings (SSSR count). The first-order valence-electron chi connectivity index (χ1n) is 11.3. The quantitative estimate of drug-likeness (QED) is 0.439. The maximum atomic E-state index is 9.06.